The third-order valence-electron chi connectivity index (χ3n) is 4.51. The molecule has 28 heavy (non-hydrogen) atoms. The monoisotopic (exact) mass is 389 g/mol. The van der Waals surface area contributed by atoms with Gasteiger partial charge in [0.2, 0.25) is 5.91 Å². The number of thiophene rings is 1. The summed E-state index contributed by atoms with van der Waals surface area (Å²) in [6.07, 6.45) is 0.279. The number of amides is 2. The number of hydrogen-bond acceptors (Lipinski definition) is 3. The fourth-order valence-electron chi connectivity index (χ4n) is 3.20. The quantitative estimate of drug-likeness (QED) is 0.451. The lowest BCUT2D eigenvalue weighted by atomic mass is 10.1. The van der Waals surface area contributed by atoms with Gasteiger partial charge in [0.1, 0.15) is 0 Å². The zero-order valence-corrected chi connectivity index (χ0v) is 16.1. The van der Waals surface area contributed by atoms with Crippen molar-refractivity contribution in [1.29, 1.82) is 0 Å². The lowest BCUT2D eigenvalue weighted by Crippen LogP contribution is -2.15. The van der Waals surface area contributed by atoms with Gasteiger partial charge in [0.05, 0.1) is 11.3 Å². The van der Waals surface area contributed by atoms with E-state index < -0.39 is 0 Å². The largest absolute Gasteiger partial charge is 0.358 e. The van der Waals surface area contributed by atoms with Crippen LogP contribution in [0, 0.1) is 6.92 Å². The van der Waals surface area contributed by atoms with Crippen LogP contribution >= 0.6 is 11.3 Å². The molecule has 0 saturated heterocycles. The number of para-hydroxylation sites is 1. The third-order valence-corrected chi connectivity index (χ3v) is 5.38. The number of H-pyrrole nitrogens is 1. The highest BCUT2D eigenvalue weighted by Crippen LogP contribution is 2.23. The van der Waals surface area contributed by atoms with E-state index in [-0.39, 0.29) is 18.2 Å². The van der Waals surface area contributed by atoms with Crippen LogP contribution in [0.5, 0.6) is 0 Å². The minimum absolute atomic E-state index is 0.102. The molecule has 0 saturated carbocycles. The Morgan fingerprint density at radius 1 is 0.964 bits per heavy atom. The summed E-state index contributed by atoms with van der Waals surface area (Å²) in [6.45, 7) is 1.98. The molecular formula is C22H19N3O2S. The second-order valence-corrected chi connectivity index (χ2v) is 7.46. The number of carbonyl (C=O) groups excluding carboxylic acids is 2. The molecule has 0 atom stereocenters. The lowest BCUT2D eigenvalue weighted by molar-refractivity contribution is -0.115. The summed E-state index contributed by atoms with van der Waals surface area (Å²) in [6, 6.07) is 18.7. The Balaban J connectivity index is 1.46. The lowest BCUT2D eigenvalue weighted by Gasteiger charge is -2.09. The van der Waals surface area contributed by atoms with Crippen LogP contribution in [0.3, 0.4) is 0 Å². The number of fused-ring (bicyclic) bond motifs is 1. The van der Waals surface area contributed by atoms with Gasteiger partial charge in [-0.3, -0.25) is 9.59 Å². The van der Waals surface area contributed by atoms with E-state index in [0.717, 1.165) is 22.2 Å². The maximum Gasteiger partial charge on any atom is 0.265 e. The number of aromatic nitrogens is 1. The van der Waals surface area contributed by atoms with E-state index in [4.69, 9.17) is 0 Å². The molecule has 0 aliphatic rings. The van der Waals surface area contributed by atoms with Crippen LogP contribution < -0.4 is 10.6 Å². The van der Waals surface area contributed by atoms with E-state index in [9.17, 15) is 9.59 Å². The van der Waals surface area contributed by atoms with E-state index in [1.54, 1.807) is 30.3 Å². The van der Waals surface area contributed by atoms with Crippen molar-refractivity contribution in [2.45, 2.75) is 13.3 Å². The average molecular weight is 389 g/mol. The van der Waals surface area contributed by atoms with Gasteiger partial charge in [-0.05, 0) is 48.2 Å². The number of carbonyl (C=O) groups is 2. The van der Waals surface area contributed by atoms with Crippen LogP contribution in [-0.4, -0.2) is 16.8 Å². The van der Waals surface area contributed by atoms with E-state index >= 15 is 0 Å². The number of nitrogens with one attached hydrogen (secondary N) is 3. The number of aromatic amines is 1. The van der Waals surface area contributed by atoms with Crippen molar-refractivity contribution in [3.8, 4) is 0 Å². The summed E-state index contributed by atoms with van der Waals surface area (Å²) >= 11 is 1.38. The van der Waals surface area contributed by atoms with E-state index in [1.807, 2.05) is 42.6 Å². The fraction of sp³-hybridized carbons (Fsp3) is 0.0909. The van der Waals surface area contributed by atoms with Gasteiger partial charge in [0.15, 0.2) is 0 Å². The van der Waals surface area contributed by atoms with Gasteiger partial charge in [-0.2, -0.15) is 0 Å². The highest BCUT2D eigenvalue weighted by molar-refractivity contribution is 7.12. The molecular weight excluding hydrogens is 370 g/mol. The topological polar surface area (TPSA) is 74.0 Å². The van der Waals surface area contributed by atoms with E-state index in [0.29, 0.717) is 16.3 Å². The Kier molecular flexibility index (Phi) is 4.95. The van der Waals surface area contributed by atoms with Crippen LogP contribution in [0.1, 0.15) is 20.9 Å². The van der Waals surface area contributed by atoms with Gasteiger partial charge in [-0.15, -0.1) is 11.3 Å². The second-order valence-electron chi connectivity index (χ2n) is 6.51. The Morgan fingerprint density at radius 2 is 1.75 bits per heavy atom. The molecule has 2 aromatic carbocycles. The summed E-state index contributed by atoms with van der Waals surface area (Å²) in [5, 5.41) is 8.69. The van der Waals surface area contributed by atoms with Gasteiger partial charge in [0.25, 0.3) is 5.91 Å². The molecule has 4 rings (SSSR count). The first-order chi connectivity index (χ1) is 13.6. The Morgan fingerprint density at radius 3 is 2.54 bits per heavy atom. The molecule has 0 aliphatic heterocycles. The Labute approximate surface area is 166 Å². The van der Waals surface area contributed by atoms with E-state index in [2.05, 4.69) is 15.6 Å². The molecule has 0 aliphatic carbocycles. The highest BCUT2D eigenvalue weighted by atomic mass is 32.1. The first-order valence-electron chi connectivity index (χ1n) is 8.91. The predicted molar refractivity (Wildman–Crippen MR) is 114 cm³/mol. The van der Waals surface area contributed by atoms with Crippen molar-refractivity contribution in [2.24, 2.45) is 0 Å². The zero-order valence-electron chi connectivity index (χ0n) is 15.3. The molecule has 0 spiro atoms. The summed E-state index contributed by atoms with van der Waals surface area (Å²) in [5.74, 6) is -0.262. The molecule has 0 bridgehead atoms. The normalized spacial score (nSPS) is 10.8. The van der Waals surface area contributed by atoms with Crippen LogP contribution in [0.15, 0.2) is 66.0 Å². The van der Waals surface area contributed by atoms with E-state index in [1.165, 1.54) is 11.3 Å². The average Bonchev–Trinajstić information content (AvgIpc) is 3.31. The summed E-state index contributed by atoms with van der Waals surface area (Å²) < 4.78 is 0. The van der Waals surface area contributed by atoms with Crippen molar-refractivity contribution in [1.82, 2.24) is 4.98 Å². The van der Waals surface area contributed by atoms with Crippen LogP contribution in [0.2, 0.25) is 0 Å². The van der Waals surface area contributed by atoms with Crippen LogP contribution in [0.4, 0.5) is 11.4 Å². The minimum atomic E-state index is -0.159. The smallest absolute Gasteiger partial charge is 0.265 e. The zero-order chi connectivity index (χ0) is 19.5. The van der Waals surface area contributed by atoms with Crippen LogP contribution in [0.25, 0.3) is 10.9 Å². The predicted octanol–water partition coefficient (Wildman–Crippen LogP) is 4.97. The number of hydrogen-bond donors (Lipinski definition) is 3. The molecule has 0 unspecified atom stereocenters. The molecule has 2 amide bonds. The maximum absolute atomic E-state index is 12.6. The third kappa shape index (κ3) is 3.82. The van der Waals surface area contributed by atoms with Crippen molar-refractivity contribution >= 4 is 45.4 Å². The summed E-state index contributed by atoms with van der Waals surface area (Å²) in [4.78, 5) is 28.7. The Bertz CT molecular complexity index is 1150. The molecule has 6 heteroatoms. The van der Waals surface area contributed by atoms with Crippen molar-refractivity contribution in [2.75, 3.05) is 10.6 Å². The minimum Gasteiger partial charge on any atom is -0.358 e. The SMILES string of the molecule is Cc1[nH]c2ccccc2c1CC(=O)Nc1cccc(NC(=O)c2cccs2)c1. The molecule has 2 aromatic heterocycles. The maximum atomic E-state index is 12.6. The number of rotatable bonds is 5. The van der Waals surface area contributed by atoms with Gasteiger partial charge in [0, 0.05) is 28.0 Å². The van der Waals surface area contributed by atoms with Gasteiger partial charge >= 0.3 is 0 Å². The number of aryl methyl sites for hydroxylation is 1. The molecule has 2 heterocycles. The first kappa shape index (κ1) is 18.0. The Hall–Kier alpha value is -3.38. The fourth-order valence-corrected chi connectivity index (χ4v) is 3.82. The van der Waals surface area contributed by atoms with Crippen molar-refractivity contribution in [3.63, 3.8) is 0 Å². The molecule has 0 radical (unpaired) electrons. The highest BCUT2D eigenvalue weighted by Gasteiger charge is 2.13. The van der Waals surface area contributed by atoms with Crippen molar-refractivity contribution < 1.29 is 9.59 Å². The number of anilines is 2. The second kappa shape index (κ2) is 7.70. The molecule has 140 valence electrons. The van der Waals surface area contributed by atoms with Crippen molar-refractivity contribution in [3.05, 3.63) is 82.2 Å². The summed E-state index contributed by atoms with van der Waals surface area (Å²) in [7, 11) is 0. The van der Waals surface area contributed by atoms with Gasteiger partial charge in [-0.1, -0.05) is 30.3 Å². The molecule has 4 aromatic rings. The standard InChI is InChI=1S/C22H19N3O2S/c1-14-18(17-8-2-3-9-19(17)23-14)13-21(26)24-15-6-4-7-16(12-15)25-22(27)20-10-5-11-28-20/h2-12,23H,13H2,1H3,(H,24,26)(H,25,27). The molecule has 0 fully saturated rings. The van der Waals surface area contributed by atoms with Crippen LogP contribution in [-0.2, 0) is 11.2 Å². The number of benzene rings is 2. The van der Waals surface area contributed by atoms with Gasteiger partial charge in [-0.25, -0.2) is 0 Å². The molecule has 3 N–H and O–H groups in total. The first-order valence-corrected chi connectivity index (χ1v) is 9.79. The summed E-state index contributed by atoms with van der Waals surface area (Å²) in [5.41, 5.74) is 4.30. The van der Waals surface area contributed by atoms with Gasteiger partial charge < -0.3 is 15.6 Å². The molecule has 5 nitrogen and oxygen atoms in total.